The fraction of sp³-hybridized carbons (Fsp3) is 0.267. The van der Waals surface area contributed by atoms with E-state index in [9.17, 15) is 4.79 Å². The minimum atomic E-state index is -0.481. The first-order valence-electron chi connectivity index (χ1n) is 6.51. The van der Waals surface area contributed by atoms with E-state index in [-0.39, 0.29) is 5.76 Å². The molecule has 6 heteroatoms. The van der Waals surface area contributed by atoms with Crippen LogP contribution >= 0.6 is 0 Å². The van der Waals surface area contributed by atoms with Gasteiger partial charge in [0.1, 0.15) is 24.7 Å². The third-order valence-electron chi connectivity index (χ3n) is 3.00. The maximum atomic E-state index is 11.9. The van der Waals surface area contributed by atoms with E-state index < -0.39 is 5.97 Å². The van der Waals surface area contributed by atoms with E-state index in [1.807, 2.05) is 19.0 Å². The molecule has 0 fully saturated rings. The summed E-state index contributed by atoms with van der Waals surface area (Å²) in [5.41, 5.74) is 0.548. The predicted octanol–water partition coefficient (Wildman–Crippen LogP) is 2.39. The molecular weight excluding hydrogens is 274 g/mol. The number of furan rings is 1. The smallest absolute Gasteiger partial charge is 0.374 e. The minimum Gasteiger partial charge on any atom is -0.458 e. The van der Waals surface area contributed by atoms with Crippen molar-refractivity contribution < 1.29 is 23.4 Å². The fourth-order valence-electron chi connectivity index (χ4n) is 1.93. The molecule has 0 unspecified atom stereocenters. The highest BCUT2D eigenvalue weighted by Crippen LogP contribution is 2.36. The topological polar surface area (TPSA) is 61.1 Å². The van der Waals surface area contributed by atoms with Crippen LogP contribution in [0, 0.1) is 0 Å². The predicted molar refractivity (Wildman–Crippen MR) is 75.4 cm³/mol. The molecule has 0 atom stereocenters. The maximum Gasteiger partial charge on any atom is 0.374 e. The van der Waals surface area contributed by atoms with Gasteiger partial charge < -0.3 is 23.5 Å². The Balaban J connectivity index is 1.79. The van der Waals surface area contributed by atoms with Gasteiger partial charge in [-0.1, -0.05) is 0 Å². The molecule has 0 bridgehead atoms. The molecule has 1 aromatic carbocycles. The second-order valence-electron chi connectivity index (χ2n) is 4.89. The summed E-state index contributed by atoms with van der Waals surface area (Å²) in [4.78, 5) is 13.8. The van der Waals surface area contributed by atoms with Crippen molar-refractivity contribution in [2.24, 2.45) is 0 Å². The lowest BCUT2D eigenvalue weighted by molar-refractivity contribution is 0.0448. The second-order valence-corrected chi connectivity index (χ2v) is 4.89. The van der Waals surface area contributed by atoms with Crippen LogP contribution in [0.3, 0.4) is 0 Å². The molecule has 0 N–H and O–H groups in total. The number of likely N-dealkylation sites (N-methyl/N-ethyl adjacent to an activating group) is 1. The van der Waals surface area contributed by atoms with Crippen LogP contribution in [0.15, 0.2) is 35.1 Å². The van der Waals surface area contributed by atoms with Crippen molar-refractivity contribution in [3.05, 3.63) is 36.5 Å². The van der Waals surface area contributed by atoms with Crippen molar-refractivity contribution >= 4 is 16.9 Å². The van der Waals surface area contributed by atoms with E-state index in [1.54, 1.807) is 18.2 Å². The zero-order chi connectivity index (χ0) is 14.8. The zero-order valence-electron chi connectivity index (χ0n) is 11.8. The number of hydrogen-bond acceptors (Lipinski definition) is 6. The molecule has 0 saturated heterocycles. The number of ether oxygens (including phenoxy) is 3. The molecule has 110 valence electrons. The number of fused-ring (bicyclic) bond motifs is 2. The Morgan fingerprint density at radius 1 is 1.14 bits per heavy atom. The van der Waals surface area contributed by atoms with E-state index in [0.717, 1.165) is 5.39 Å². The number of carbonyl (C=O) groups is 1. The van der Waals surface area contributed by atoms with Crippen LogP contribution in [-0.4, -0.2) is 38.1 Å². The SMILES string of the molecule is CN(C)CCOC(=O)c1cc2cc3c(cc2o1)OC=CO3. The van der Waals surface area contributed by atoms with Gasteiger partial charge in [-0.15, -0.1) is 0 Å². The Hall–Kier alpha value is -2.47. The van der Waals surface area contributed by atoms with Crippen molar-refractivity contribution in [3.8, 4) is 11.5 Å². The van der Waals surface area contributed by atoms with Crippen LogP contribution in [0.4, 0.5) is 0 Å². The average Bonchev–Trinajstić information content (AvgIpc) is 2.87. The van der Waals surface area contributed by atoms with Crippen LogP contribution in [0.1, 0.15) is 10.6 Å². The molecule has 0 saturated carbocycles. The Labute approximate surface area is 121 Å². The summed E-state index contributed by atoms with van der Waals surface area (Å²) in [6.45, 7) is 0.975. The summed E-state index contributed by atoms with van der Waals surface area (Å²) in [6, 6.07) is 5.08. The summed E-state index contributed by atoms with van der Waals surface area (Å²) >= 11 is 0. The first-order chi connectivity index (χ1) is 10.1. The monoisotopic (exact) mass is 289 g/mol. The van der Waals surface area contributed by atoms with Crippen molar-refractivity contribution in [2.45, 2.75) is 0 Å². The molecule has 0 aliphatic carbocycles. The highest BCUT2D eigenvalue weighted by Gasteiger charge is 2.17. The minimum absolute atomic E-state index is 0.166. The molecule has 1 aliphatic rings. The molecule has 1 aliphatic heterocycles. The van der Waals surface area contributed by atoms with Gasteiger partial charge in [-0.3, -0.25) is 0 Å². The highest BCUT2D eigenvalue weighted by molar-refractivity contribution is 5.93. The molecule has 0 radical (unpaired) electrons. The van der Waals surface area contributed by atoms with E-state index in [1.165, 1.54) is 12.5 Å². The van der Waals surface area contributed by atoms with Crippen LogP contribution in [0.2, 0.25) is 0 Å². The lowest BCUT2D eigenvalue weighted by atomic mass is 10.2. The van der Waals surface area contributed by atoms with Gasteiger partial charge in [0.15, 0.2) is 11.5 Å². The molecule has 3 rings (SSSR count). The van der Waals surface area contributed by atoms with Gasteiger partial charge in [0.25, 0.3) is 0 Å². The molecular formula is C15H15NO5. The molecule has 2 heterocycles. The third kappa shape index (κ3) is 2.85. The number of nitrogens with zero attached hydrogens (tertiary/aromatic N) is 1. The quantitative estimate of drug-likeness (QED) is 0.805. The van der Waals surface area contributed by atoms with E-state index in [4.69, 9.17) is 18.6 Å². The van der Waals surface area contributed by atoms with E-state index in [2.05, 4.69) is 0 Å². The molecule has 1 aromatic heterocycles. The van der Waals surface area contributed by atoms with Crippen LogP contribution < -0.4 is 9.47 Å². The van der Waals surface area contributed by atoms with Crippen molar-refractivity contribution in [1.82, 2.24) is 4.90 Å². The van der Waals surface area contributed by atoms with E-state index >= 15 is 0 Å². The third-order valence-corrected chi connectivity index (χ3v) is 3.00. The Morgan fingerprint density at radius 2 is 1.86 bits per heavy atom. The van der Waals surface area contributed by atoms with Crippen LogP contribution in [-0.2, 0) is 4.74 Å². The van der Waals surface area contributed by atoms with Gasteiger partial charge in [0.2, 0.25) is 5.76 Å². The Kier molecular flexibility index (Phi) is 3.53. The molecule has 2 aromatic rings. The summed E-state index contributed by atoms with van der Waals surface area (Å²) < 4.78 is 21.3. The summed E-state index contributed by atoms with van der Waals surface area (Å²) in [7, 11) is 3.82. The maximum absolute atomic E-state index is 11.9. The average molecular weight is 289 g/mol. The van der Waals surface area contributed by atoms with Gasteiger partial charge in [-0.2, -0.15) is 0 Å². The fourth-order valence-corrected chi connectivity index (χ4v) is 1.93. The lowest BCUT2D eigenvalue weighted by Crippen LogP contribution is -2.19. The summed E-state index contributed by atoms with van der Waals surface area (Å²) in [5.74, 6) is 0.815. The standard InChI is InChI=1S/C15H15NO5/c1-16(2)3-4-20-15(17)14-8-10-7-12-13(9-11(10)21-14)19-6-5-18-12/h5-9H,3-4H2,1-2H3. The van der Waals surface area contributed by atoms with Crippen molar-refractivity contribution in [3.63, 3.8) is 0 Å². The molecule has 6 nitrogen and oxygen atoms in total. The summed E-state index contributed by atoms with van der Waals surface area (Å²) in [6.07, 6.45) is 2.89. The first kappa shape index (κ1) is 13.5. The summed E-state index contributed by atoms with van der Waals surface area (Å²) in [5, 5.41) is 0.757. The number of carbonyl (C=O) groups excluding carboxylic acids is 1. The molecule has 21 heavy (non-hydrogen) atoms. The van der Waals surface area contributed by atoms with Crippen molar-refractivity contribution in [2.75, 3.05) is 27.2 Å². The lowest BCUT2D eigenvalue weighted by Gasteiger charge is -2.11. The van der Waals surface area contributed by atoms with E-state index in [0.29, 0.717) is 30.2 Å². The number of esters is 1. The zero-order valence-corrected chi connectivity index (χ0v) is 11.8. The van der Waals surface area contributed by atoms with Gasteiger partial charge in [0, 0.05) is 18.0 Å². The first-order valence-corrected chi connectivity index (χ1v) is 6.51. The van der Waals surface area contributed by atoms with Crippen LogP contribution in [0.25, 0.3) is 11.0 Å². The number of hydrogen-bond donors (Lipinski definition) is 0. The van der Waals surface area contributed by atoms with Gasteiger partial charge in [-0.05, 0) is 26.2 Å². The largest absolute Gasteiger partial charge is 0.458 e. The Bertz CT molecular complexity index is 656. The van der Waals surface area contributed by atoms with Gasteiger partial charge >= 0.3 is 5.97 Å². The van der Waals surface area contributed by atoms with Gasteiger partial charge in [-0.25, -0.2) is 4.79 Å². The molecule has 0 spiro atoms. The van der Waals surface area contributed by atoms with Crippen LogP contribution in [0.5, 0.6) is 11.5 Å². The highest BCUT2D eigenvalue weighted by atomic mass is 16.6. The molecule has 0 amide bonds. The number of benzene rings is 1. The second kappa shape index (κ2) is 5.49. The van der Waals surface area contributed by atoms with Crippen molar-refractivity contribution in [1.29, 1.82) is 0 Å². The number of rotatable bonds is 4. The van der Waals surface area contributed by atoms with Gasteiger partial charge in [0.05, 0.1) is 0 Å². The normalized spacial score (nSPS) is 12.9. The Morgan fingerprint density at radius 3 is 2.57 bits per heavy atom.